The minimum atomic E-state index is -0.489. The zero-order chi connectivity index (χ0) is 13.7. The molecule has 0 fully saturated rings. The van der Waals surface area contributed by atoms with Crippen LogP contribution in [-0.2, 0) is 6.54 Å². The summed E-state index contributed by atoms with van der Waals surface area (Å²) in [5.41, 5.74) is 1.57. The lowest BCUT2D eigenvalue weighted by Gasteiger charge is -2.05. The molecule has 0 aliphatic carbocycles. The average Bonchev–Trinajstić information content (AvgIpc) is 2.46. The molecular formula is C13H10N4O2. The summed E-state index contributed by atoms with van der Waals surface area (Å²) < 4.78 is 0. The highest BCUT2D eigenvalue weighted by atomic mass is 16.6. The molecule has 0 unspecified atom stereocenters. The molecule has 2 rings (SSSR count). The molecule has 6 nitrogen and oxygen atoms in total. The Hall–Kier alpha value is -2.94. The molecule has 1 aromatic heterocycles. The zero-order valence-electron chi connectivity index (χ0n) is 9.91. The van der Waals surface area contributed by atoms with Gasteiger partial charge in [0.15, 0.2) is 0 Å². The second-order valence-corrected chi connectivity index (χ2v) is 3.82. The van der Waals surface area contributed by atoms with E-state index in [2.05, 4.69) is 10.3 Å². The van der Waals surface area contributed by atoms with Crippen LogP contribution in [0.5, 0.6) is 0 Å². The van der Waals surface area contributed by atoms with E-state index in [1.165, 1.54) is 12.3 Å². The number of hydrogen-bond acceptors (Lipinski definition) is 5. The Morgan fingerprint density at radius 1 is 1.26 bits per heavy atom. The summed E-state index contributed by atoms with van der Waals surface area (Å²) in [6, 6.07) is 12.2. The van der Waals surface area contributed by atoms with Crippen molar-refractivity contribution in [2.45, 2.75) is 6.54 Å². The zero-order valence-corrected chi connectivity index (χ0v) is 9.91. The number of hydrogen-bond donors (Lipinski definition) is 1. The maximum Gasteiger partial charge on any atom is 0.287 e. The molecule has 19 heavy (non-hydrogen) atoms. The average molecular weight is 254 g/mol. The predicted molar refractivity (Wildman–Crippen MR) is 69.4 cm³/mol. The quantitative estimate of drug-likeness (QED) is 0.668. The van der Waals surface area contributed by atoms with Crippen molar-refractivity contribution in [3.05, 3.63) is 63.8 Å². The van der Waals surface area contributed by atoms with Crippen molar-refractivity contribution in [1.82, 2.24) is 4.98 Å². The van der Waals surface area contributed by atoms with Crippen LogP contribution in [-0.4, -0.2) is 9.91 Å². The van der Waals surface area contributed by atoms with E-state index in [1.54, 1.807) is 18.2 Å². The summed E-state index contributed by atoms with van der Waals surface area (Å²) in [7, 11) is 0. The third-order valence-corrected chi connectivity index (χ3v) is 2.52. The van der Waals surface area contributed by atoms with Crippen molar-refractivity contribution in [2.24, 2.45) is 0 Å². The fourth-order valence-corrected chi connectivity index (χ4v) is 1.49. The van der Waals surface area contributed by atoms with Gasteiger partial charge in [-0.1, -0.05) is 12.1 Å². The number of anilines is 1. The molecular weight excluding hydrogens is 244 g/mol. The maximum absolute atomic E-state index is 10.5. The number of nitro groups is 1. The maximum atomic E-state index is 10.5. The van der Waals surface area contributed by atoms with Crippen molar-refractivity contribution >= 4 is 11.5 Å². The van der Waals surface area contributed by atoms with Crippen LogP contribution in [0.2, 0.25) is 0 Å². The Labute approximate surface area is 109 Å². The second-order valence-electron chi connectivity index (χ2n) is 3.82. The van der Waals surface area contributed by atoms with E-state index in [9.17, 15) is 10.1 Å². The van der Waals surface area contributed by atoms with E-state index in [0.717, 1.165) is 5.56 Å². The van der Waals surface area contributed by atoms with E-state index in [1.807, 2.05) is 18.2 Å². The molecule has 0 bridgehead atoms. The predicted octanol–water partition coefficient (Wildman–Crippen LogP) is 2.47. The van der Waals surface area contributed by atoms with Crippen LogP contribution in [0.25, 0.3) is 0 Å². The first kappa shape index (κ1) is 12.5. The first-order valence-corrected chi connectivity index (χ1v) is 5.52. The second kappa shape index (κ2) is 5.60. The number of nitriles is 1. The molecule has 0 spiro atoms. The van der Waals surface area contributed by atoms with Gasteiger partial charge in [0, 0.05) is 12.6 Å². The highest BCUT2D eigenvalue weighted by molar-refractivity contribution is 5.41. The molecule has 1 heterocycles. The van der Waals surface area contributed by atoms with Crippen LogP contribution < -0.4 is 5.32 Å². The summed E-state index contributed by atoms with van der Waals surface area (Å²) in [5, 5.41) is 22.2. The third-order valence-electron chi connectivity index (χ3n) is 2.52. The summed E-state index contributed by atoms with van der Waals surface area (Å²) in [6.07, 6.45) is 1.21. The Bertz CT molecular complexity index is 615. The van der Waals surface area contributed by atoms with E-state index in [-0.39, 0.29) is 5.69 Å². The van der Waals surface area contributed by atoms with Crippen LogP contribution in [0.4, 0.5) is 11.5 Å². The molecule has 2 aromatic rings. The molecule has 1 N–H and O–H groups in total. The monoisotopic (exact) mass is 254 g/mol. The van der Waals surface area contributed by atoms with Gasteiger partial charge in [0.05, 0.1) is 16.6 Å². The molecule has 1 aromatic carbocycles. The lowest BCUT2D eigenvalue weighted by Crippen LogP contribution is -2.01. The Morgan fingerprint density at radius 3 is 2.53 bits per heavy atom. The summed E-state index contributed by atoms with van der Waals surface area (Å²) in [6.45, 7) is 0.538. The minimum Gasteiger partial charge on any atom is -0.366 e. The lowest BCUT2D eigenvalue weighted by atomic mass is 10.1. The Balaban J connectivity index is 1.98. The van der Waals surface area contributed by atoms with Gasteiger partial charge < -0.3 is 5.32 Å². The van der Waals surface area contributed by atoms with Crippen LogP contribution in [0.15, 0.2) is 42.6 Å². The van der Waals surface area contributed by atoms with Crippen molar-refractivity contribution in [3.8, 4) is 6.07 Å². The van der Waals surface area contributed by atoms with Crippen LogP contribution in [0, 0.1) is 21.4 Å². The van der Waals surface area contributed by atoms with Crippen molar-refractivity contribution in [1.29, 1.82) is 5.26 Å². The summed E-state index contributed by atoms with van der Waals surface area (Å²) in [4.78, 5) is 13.9. The van der Waals surface area contributed by atoms with Gasteiger partial charge in [-0.25, -0.2) is 4.98 Å². The molecule has 0 atom stereocenters. The number of aromatic nitrogens is 1. The van der Waals surface area contributed by atoms with Crippen LogP contribution in [0.1, 0.15) is 11.1 Å². The molecule has 0 saturated heterocycles. The molecule has 94 valence electrons. The molecule has 0 amide bonds. The van der Waals surface area contributed by atoms with Gasteiger partial charge in [-0.15, -0.1) is 0 Å². The van der Waals surface area contributed by atoms with Gasteiger partial charge in [0.2, 0.25) is 0 Å². The molecule has 0 radical (unpaired) electrons. The number of pyridine rings is 1. The first-order valence-electron chi connectivity index (χ1n) is 5.52. The standard InChI is InChI=1S/C13H10N4O2/c14-7-10-1-3-11(4-2-10)8-15-13-6-5-12(9-16-13)17(18)19/h1-6,9H,8H2,(H,15,16). The van der Waals surface area contributed by atoms with Gasteiger partial charge in [-0.2, -0.15) is 5.26 Å². The third kappa shape index (κ3) is 3.26. The minimum absolute atomic E-state index is 0.0380. The van der Waals surface area contributed by atoms with Gasteiger partial charge in [0.1, 0.15) is 12.0 Å². The highest BCUT2D eigenvalue weighted by Crippen LogP contribution is 2.13. The molecule has 0 saturated carbocycles. The van der Waals surface area contributed by atoms with Gasteiger partial charge in [0.25, 0.3) is 5.69 Å². The SMILES string of the molecule is N#Cc1ccc(CNc2ccc([N+](=O)[O-])cn2)cc1. The Kier molecular flexibility index (Phi) is 3.69. The molecule has 0 aliphatic rings. The van der Waals surface area contributed by atoms with E-state index in [4.69, 9.17) is 5.26 Å². The largest absolute Gasteiger partial charge is 0.366 e. The lowest BCUT2D eigenvalue weighted by molar-refractivity contribution is -0.385. The fourth-order valence-electron chi connectivity index (χ4n) is 1.49. The fraction of sp³-hybridized carbons (Fsp3) is 0.0769. The number of benzene rings is 1. The van der Waals surface area contributed by atoms with Crippen molar-refractivity contribution in [2.75, 3.05) is 5.32 Å². The van der Waals surface area contributed by atoms with Gasteiger partial charge in [-0.05, 0) is 23.8 Å². The van der Waals surface area contributed by atoms with Crippen molar-refractivity contribution in [3.63, 3.8) is 0 Å². The number of nitrogens with zero attached hydrogens (tertiary/aromatic N) is 3. The number of rotatable bonds is 4. The first-order chi connectivity index (χ1) is 9.19. The van der Waals surface area contributed by atoms with Crippen LogP contribution >= 0.6 is 0 Å². The smallest absolute Gasteiger partial charge is 0.287 e. The van der Waals surface area contributed by atoms with Gasteiger partial charge in [-0.3, -0.25) is 10.1 Å². The topological polar surface area (TPSA) is 91.8 Å². The molecule has 6 heteroatoms. The summed E-state index contributed by atoms with van der Waals surface area (Å²) >= 11 is 0. The number of nitrogens with one attached hydrogen (secondary N) is 1. The van der Waals surface area contributed by atoms with E-state index >= 15 is 0 Å². The van der Waals surface area contributed by atoms with Crippen molar-refractivity contribution < 1.29 is 4.92 Å². The van der Waals surface area contributed by atoms with Crippen LogP contribution in [0.3, 0.4) is 0 Å². The normalized spacial score (nSPS) is 9.63. The molecule has 0 aliphatic heterocycles. The highest BCUT2D eigenvalue weighted by Gasteiger charge is 2.04. The Morgan fingerprint density at radius 2 is 2.00 bits per heavy atom. The van der Waals surface area contributed by atoms with E-state index < -0.39 is 4.92 Å². The van der Waals surface area contributed by atoms with E-state index in [0.29, 0.717) is 17.9 Å². The summed E-state index contributed by atoms with van der Waals surface area (Å²) in [5.74, 6) is 0.565. The van der Waals surface area contributed by atoms with Gasteiger partial charge >= 0.3 is 0 Å².